The summed E-state index contributed by atoms with van der Waals surface area (Å²) in [5.41, 5.74) is 17.0. The van der Waals surface area contributed by atoms with Crippen LogP contribution in [0, 0.1) is 0 Å². The number of nitrogen functional groups attached to an aromatic ring is 2. The van der Waals surface area contributed by atoms with E-state index in [4.69, 9.17) is 11.5 Å². The summed E-state index contributed by atoms with van der Waals surface area (Å²) in [4.78, 5) is 1.27. The Hall–Kier alpha value is -2.39. The third-order valence-electron chi connectivity index (χ3n) is 3.99. The number of nitrogens with two attached hydrogens (primary N) is 2. The molecule has 0 aromatic heterocycles. The topological polar surface area (TPSA) is 52.0 Å². The van der Waals surface area contributed by atoms with Crippen LogP contribution in [0.1, 0.15) is 22.6 Å². The molecule has 0 fully saturated rings. The Bertz CT molecular complexity index is 717. The molecule has 3 rings (SSSR count). The Morgan fingerprint density at radius 2 is 0.957 bits per heavy atom. The highest BCUT2D eigenvalue weighted by molar-refractivity contribution is 7.98. The van der Waals surface area contributed by atoms with E-state index in [0.717, 1.165) is 11.4 Å². The van der Waals surface area contributed by atoms with E-state index in [0.29, 0.717) is 0 Å². The fourth-order valence-corrected chi connectivity index (χ4v) is 3.16. The Balaban J connectivity index is 2.08. The lowest BCUT2D eigenvalue weighted by molar-refractivity contribution is 0.975. The molecular formula is C20H20N2S. The summed E-state index contributed by atoms with van der Waals surface area (Å²) >= 11 is 1.75. The van der Waals surface area contributed by atoms with E-state index in [9.17, 15) is 0 Å². The van der Waals surface area contributed by atoms with Crippen LogP contribution in [0.4, 0.5) is 11.4 Å². The standard InChI is InChI=1S/C20H20N2S/c1-23-19-12-6-16(7-13-19)20(14-2-8-17(21)9-3-14)15-4-10-18(22)11-5-15/h2-13,20H,21-22H2,1H3. The molecule has 4 N–H and O–H groups in total. The lowest BCUT2D eigenvalue weighted by Gasteiger charge is -2.19. The van der Waals surface area contributed by atoms with Crippen molar-refractivity contribution in [3.8, 4) is 0 Å². The molecule has 0 bridgehead atoms. The molecule has 0 radical (unpaired) electrons. The molecule has 0 unspecified atom stereocenters. The van der Waals surface area contributed by atoms with E-state index in [1.54, 1.807) is 11.8 Å². The second kappa shape index (κ2) is 6.80. The summed E-state index contributed by atoms with van der Waals surface area (Å²) in [6.07, 6.45) is 2.09. The second-order valence-electron chi connectivity index (χ2n) is 5.54. The molecule has 2 nitrogen and oxygen atoms in total. The summed E-state index contributed by atoms with van der Waals surface area (Å²) < 4.78 is 0. The zero-order valence-electron chi connectivity index (χ0n) is 13.1. The quantitative estimate of drug-likeness (QED) is 0.414. The molecule has 0 amide bonds. The van der Waals surface area contributed by atoms with Crippen LogP contribution in [0.25, 0.3) is 0 Å². The summed E-state index contributed by atoms with van der Waals surface area (Å²) in [6.45, 7) is 0. The summed E-state index contributed by atoms with van der Waals surface area (Å²) in [6, 6.07) is 24.9. The molecule has 0 aliphatic carbocycles. The molecule has 23 heavy (non-hydrogen) atoms. The van der Waals surface area contributed by atoms with Gasteiger partial charge < -0.3 is 11.5 Å². The minimum Gasteiger partial charge on any atom is -0.399 e. The van der Waals surface area contributed by atoms with E-state index in [2.05, 4.69) is 54.8 Å². The average molecular weight is 320 g/mol. The molecule has 0 atom stereocenters. The Morgan fingerprint density at radius 1 is 0.609 bits per heavy atom. The number of rotatable bonds is 4. The van der Waals surface area contributed by atoms with Crippen molar-refractivity contribution in [2.75, 3.05) is 17.7 Å². The first-order chi connectivity index (χ1) is 11.2. The van der Waals surface area contributed by atoms with Crippen LogP contribution in [0.15, 0.2) is 77.7 Å². The maximum Gasteiger partial charge on any atom is 0.0340 e. The number of benzene rings is 3. The maximum absolute atomic E-state index is 5.84. The molecular weight excluding hydrogens is 300 g/mol. The van der Waals surface area contributed by atoms with Crippen LogP contribution in [0.3, 0.4) is 0 Å². The van der Waals surface area contributed by atoms with Crippen LogP contribution in [-0.2, 0) is 0 Å². The van der Waals surface area contributed by atoms with Gasteiger partial charge in [0.25, 0.3) is 0 Å². The monoisotopic (exact) mass is 320 g/mol. The van der Waals surface area contributed by atoms with Crippen LogP contribution in [0.2, 0.25) is 0 Å². The predicted molar refractivity (Wildman–Crippen MR) is 101 cm³/mol. The molecule has 0 aliphatic heterocycles. The van der Waals surface area contributed by atoms with Gasteiger partial charge in [0.1, 0.15) is 0 Å². The number of thioether (sulfide) groups is 1. The van der Waals surface area contributed by atoms with Gasteiger partial charge in [-0.2, -0.15) is 0 Å². The first-order valence-corrected chi connectivity index (χ1v) is 8.74. The Kier molecular flexibility index (Phi) is 4.58. The largest absolute Gasteiger partial charge is 0.399 e. The Morgan fingerprint density at radius 3 is 1.30 bits per heavy atom. The summed E-state index contributed by atoms with van der Waals surface area (Å²) in [5, 5.41) is 0. The molecule has 0 heterocycles. The zero-order valence-corrected chi connectivity index (χ0v) is 13.9. The minimum atomic E-state index is 0.173. The molecule has 0 saturated heterocycles. The van der Waals surface area contributed by atoms with Gasteiger partial charge in [0, 0.05) is 22.2 Å². The molecule has 0 spiro atoms. The molecule has 0 saturated carbocycles. The van der Waals surface area contributed by atoms with Crippen molar-refractivity contribution < 1.29 is 0 Å². The normalized spacial score (nSPS) is 10.9. The van der Waals surface area contributed by atoms with Crippen molar-refractivity contribution in [1.29, 1.82) is 0 Å². The maximum atomic E-state index is 5.84. The van der Waals surface area contributed by atoms with Gasteiger partial charge in [-0.05, 0) is 59.3 Å². The summed E-state index contributed by atoms with van der Waals surface area (Å²) in [5.74, 6) is 0.173. The molecule has 3 aromatic rings. The fraction of sp³-hybridized carbons (Fsp3) is 0.100. The van der Waals surface area contributed by atoms with Crippen molar-refractivity contribution in [3.05, 3.63) is 89.5 Å². The number of hydrogen-bond donors (Lipinski definition) is 2. The zero-order chi connectivity index (χ0) is 16.2. The number of hydrogen-bond acceptors (Lipinski definition) is 3. The van der Waals surface area contributed by atoms with E-state index in [1.807, 2.05) is 24.3 Å². The van der Waals surface area contributed by atoms with Crippen molar-refractivity contribution in [1.82, 2.24) is 0 Å². The lowest BCUT2D eigenvalue weighted by Crippen LogP contribution is -2.04. The van der Waals surface area contributed by atoms with Crippen LogP contribution in [-0.4, -0.2) is 6.26 Å². The van der Waals surface area contributed by atoms with Crippen LogP contribution in [0.5, 0.6) is 0 Å². The lowest BCUT2D eigenvalue weighted by atomic mass is 9.85. The predicted octanol–water partition coefficient (Wildman–Crippen LogP) is 4.75. The van der Waals surface area contributed by atoms with Crippen molar-refractivity contribution in [2.45, 2.75) is 10.8 Å². The summed E-state index contributed by atoms with van der Waals surface area (Å²) in [7, 11) is 0. The fourth-order valence-electron chi connectivity index (χ4n) is 2.75. The van der Waals surface area contributed by atoms with Gasteiger partial charge in [-0.3, -0.25) is 0 Å². The van der Waals surface area contributed by atoms with Crippen molar-refractivity contribution in [3.63, 3.8) is 0 Å². The Labute approximate surface area is 141 Å². The van der Waals surface area contributed by atoms with Gasteiger partial charge in [-0.1, -0.05) is 36.4 Å². The van der Waals surface area contributed by atoms with Gasteiger partial charge >= 0.3 is 0 Å². The third-order valence-corrected chi connectivity index (χ3v) is 4.73. The van der Waals surface area contributed by atoms with E-state index >= 15 is 0 Å². The third kappa shape index (κ3) is 3.51. The van der Waals surface area contributed by atoms with Crippen LogP contribution < -0.4 is 11.5 Å². The van der Waals surface area contributed by atoms with E-state index < -0.39 is 0 Å². The number of anilines is 2. The molecule has 3 heteroatoms. The molecule has 116 valence electrons. The highest BCUT2D eigenvalue weighted by Crippen LogP contribution is 2.33. The first-order valence-electron chi connectivity index (χ1n) is 7.52. The smallest absolute Gasteiger partial charge is 0.0340 e. The van der Waals surface area contributed by atoms with E-state index in [-0.39, 0.29) is 5.92 Å². The highest BCUT2D eigenvalue weighted by Gasteiger charge is 2.16. The van der Waals surface area contributed by atoms with Gasteiger partial charge in [0.05, 0.1) is 0 Å². The van der Waals surface area contributed by atoms with Crippen molar-refractivity contribution in [2.24, 2.45) is 0 Å². The average Bonchev–Trinajstić information content (AvgIpc) is 2.59. The van der Waals surface area contributed by atoms with Crippen molar-refractivity contribution >= 4 is 23.1 Å². The van der Waals surface area contributed by atoms with Gasteiger partial charge in [0.2, 0.25) is 0 Å². The molecule has 3 aromatic carbocycles. The molecule has 0 aliphatic rings. The minimum absolute atomic E-state index is 0.173. The second-order valence-corrected chi connectivity index (χ2v) is 6.42. The first kappa shape index (κ1) is 15.5. The SMILES string of the molecule is CSc1ccc(C(c2ccc(N)cc2)c2ccc(N)cc2)cc1. The van der Waals surface area contributed by atoms with Gasteiger partial charge in [-0.25, -0.2) is 0 Å². The van der Waals surface area contributed by atoms with Gasteiger partial charge in [0.15, 0.2) is 0 Å². The highest BCUT2D eigenvalue weighted by atomic mass is 32.2. The van der Waals surface area contributed by atoms with Crippen LogP contribution >= 0.6 is 11.8 Å². The van der Waals surface area contributed by atoms with Gasteiger partial charge in [-0.15, -0.1) is 11.8 Å². The van der Waals surface area contributed by atoms with E-state index in [1.165, 1.54) is 21.6 Å².